The van der Waals surface area contributed by atoms with Crippen molar-refractivity contribution in [3.63, 3.8) is 0 Å². The molecular weight excluding hydrogens is 230 g/mol. The summed E-state index contributed by atoms with van der Waals surface area (Å²) in [6.45, 7) is 2.03. The molecule has 6 nitrogen and oxygen atoms in total. The lowest BCUT2D eigenvalue weighted by Gasteiger charge is -2.29. The minimum Gasteiger partial charge on any atom is -0.349 e. The summed E-state index contributed by atoms with van der Waals surface area (Å²) in [5.41, 5.74) is 3.59. The Hall–Kier alpha value is -1.66. The van der Waals surface area contributed by atoms with Gasteiger partial charge in [0.1, 0.15) is 0 Å². The first-order valence-corrected chi connectivity index (χ1v) is 6.10. The van der Waals surface area contributed by atoms with Gasteiger partial charge < -0.3 is 15.6 Å². The predicted octanol–water partition coefficient (Wildman–Crippen LogP) is 0.191. The second-order valence-corrected chi connectivity index (χ2v) is 4.62. The summed E-state index contributed by atoms with van der Waals surface area (Å²) in [6.07, 6.45) is 5.09. The van der Waals surface area contributed by atoms with Gasteiger partial charge in [-0.15, -0.1) is 0 Å². The Balaban J connectivity index is 1.99. The van der Waals surface area contributed by atoms with Crippen molar-refractivity contribution in [1.82, 2.24) is 15.2 Å². The van der Waals surface area contributed by atoms with Crippen LogP contribution in [0.15, 0.2) is 18.5 Å². The number of amides is 1. The first-order chi connectivity index (χ1) is 8.70. The fourth-order valence-electron chi connectivity index (χ4n) is 2.12. The standard InChI is InChI=1S/C12H19N5O/c1-17-6-3-9(4-7-17)15-12(18)10-8-14-5-2-11(10)16-13/h2,5,8-9H,3-4,6-7,13H2,1H3,(H,14,16)(H,15,18). The van der Waals surface area contributed by atoms with Crippen molar-refractivity contribution < 1.29 is 4.79 Å². The third-order valence-electron chi connectivity index (χ3n) is 3.27. The van der Waals surface area contributed by atoms with E-state index in [0.717, 1.165) is 25.9 Å². The first kappa shape index (κ1) is 12.8. The van der Waals surface area contributed by atoms with E-state index in [9.17, 15) is 4.79 Å². The zero-order chi connectivity index (χ0) is 13.0. The molecule has 4 N–H and O–H groups in total. The van der Waals surface area contributed by atoms with Crippen LogP contribution >= 0.6 is 0 Å². The highest BCUT2D eigenvalue weighted by Gasteiger charge is 2.20. The Labute approximate surface area is 107 Å². The maximum absolute atomic E-state index is 12.1. The topological polar surface area (TPSA) is 83.3 Å². The number of pyridine rings is 1. The van der Waals surface area contributed by atoms with E-state index in [4.69, 9.17) is 5.84 Å². The number of piperidine rings is 1. The SMILES string of the molecule is CN1CCC(NC(=O)c2cnccc2NN)CC1. The number of nitrogens with zero attached hydrogens (tertiary/aromatic N) is 2. The number of nitrogens with one attached hydrogen (secondary N) is 2. The molecule has 1 aromatic heterocycles. The normalized spacial score (nSPS) is 17.4. The van der Waals surface area contributed by atoms with E-state index in [1.807, 2.05) is 0 Å². The Kier molecular flexibility index (Phi) is 4.11. The number of rotatable bonds is 3. The third-order valence-corrected chi connectivity index (χ3v) is 3.27. The van der Waals surface area contributed by atoms with Crippen molar-refractivity contribution in [3.8, 4) is 0 Å². The molecule has 1 fully saturated rings. The van der Waals surface area contributed by atoms with Crippen molar-refractivity contribution in [2.75, 3.05) is 25.6 Å². The van der Waals surface area contributed by atoms with Crippen LogP contribution in [0, 0.1) is 0 Å². The summed E-state index contributed by atoms with van der Waals surface area (Å²) in [4.78, 5) is 18.3. The van der Waals surface area contributed by atoms with Gasteiger partial charge in [-0.3, -0.25) is 15.6 Å². The maximum atomic E-state index is 12.1. The van der Waals surface area contributed by atoms with Gasteiger partial charge in [-0.25, -0.2) is 0 Å². The second-order valence-electron chi connectivity index (χ2n) is 4.62. The molecule has 0 saturated carbocycles. The summed E-state index contributed by atoms with van der Waals surface area (Å²) in [7, 11) is 2.09. The van der Waals surface area contributed by atoms with Crippen LogP contribution in [0.3, 0.4) is 0 Å². The van der Waals surface area contributed by atoms with E-state index in [0.29, 0.717) is 11.3 Å². The number of nitrogens with two attached hydrogens (primary N) is 1. The van der Waals surface area contributed by atoms with E-state index in [2.05, 4.69) is 27.7 Å². The molecule has 0 aliphatic carbocycles. The van der Waals surface area contributed by atoms with Crippen LogP contribution in [0.25, 0.3) is 0 Å². The molecule has 18 heavy (non-hydrogen) atoms. The van der Waals surface area contributed by atoms with Gasteiger partial charge >= 0.3 is 0 Å². The lowest BCUT2D eigenvalue weighted by molar-refractivity contribution is 0.0917. The molecule has 0 aromatic carbocycles. The number of anilines is 1. The monoisotopic (exact) mass is 249 g/mol. The van der Waals surface area contributed by atoms with E-state index in [-0.39, 0.29) is 11.9 Å². The molecule has 6 heteroatoms. The van der Waals surface area contributed by atoms with E-state index >= 15 is 0 Å². The van der Waals surface area contributed by atoms with Crippen molar-refractivity contribution >= 4 is 11.6 Å². The van der Waals surface area contributed by atoms with Crippen molar-refractivity contribution in [2.24, 2.45) is 5.84 Å². The Morgan fingerprint density at radius 2 is 2.22 bits per heavy atom. The van der Waals surface area contributed by atoms with Crippen LogP contribution < -0.4 is 16.6 Å². The molecule has 98 valence electrons. The number of hydrogen-bond donors (Lipinski definition) is 3. The maximum Gasteiger partial charge on any atom is 0.255 e. The molecule has 1 aliphatic heterocycles. The lowest BCUT2D eigenvalue weighted by Crippen LogP contribution is -2.43. The van der Waals surface area contributed by atoms with Crippen molar-refractivity contribution in [3.05, 3.63) is 24.0 Å². The predicted molar refractivity (Wildman–Crippen MR) is 70.0 cm³/mol. The molecule has 0 spiro atoms. The van der Waals surface area contributed by atoms with Crippen LogP contribution in [-0.2, 0) is 0 Å². The Morgan fingerprint density at radius 1 is 1.50 bits per heavy atom. The van der Waals surface area contributed by atoms with Crippen LogP contribution in [0.2, 0.25) is 0 Å². The fourth-order valence-corrected chi connectivity index (χ4v) is 2.12. The zero-order valence-electron chi connectivity index (χ0n) is 10.5. The smallest absolute Gasteiger partial charge is 0.255 e. The molecule has 0 atom stereocenters. The van der Waals surface area contributed by atoms with Gasteiger partial charge in [0.05, 0.1) is 11.3 Å². The second kappa shape index (κ2) is 5.79. The Bertz CT molecular complexity index is 415. The zero-order valence-corrected chi connectivity index (χ0v) is 10.5. The van der Waals surface area contributed by atoms with E-state index in [1.165, 1.54) is 6.20 Å². The molecule has 2 rings (SSSR count). The van der Waals surface area contributed by atoms with Crippen LogP contribution in [0.1, 0.15) is 23.2 Å². The summed E-state index contributed by atoms with van der Waals surface area (Å²) < 4.78 is 0. The molecular formula is C12H19N5O. The van der Waals surface area contributed by atoms with Crippen LogP contribution in [0.5, 0.6) is 0 Å². The average Bonchev–Trinajstić information content (AvgIpc) is 2.41. The van der Waals surface area contributed by atoms with Gasteiger partial charge in [0, 0.05) is 18.4 Å². The van der Waals surface area contributed by atoms with E-state index in [1.54, 1.807) is 12.3 Å². The molecule has 1 aromatic rings. The highest BCUT2D eigenvalue weighted by Crippen LogP contribution is 2.14. The first-order valence-electron chi connectivity index (χ1n) is 6.10. The van der Waals surface area contributed by atoms with Crippen molar-refractivity contribution in [2.45, 2.75) is 18.9 Å². The Morgan fingerprint density at radius 3 is 2.89 bits per heavy atom. The van der Waals surface area contributed by atoms with Gasteiger partial charge in [0.2, 0.25) is 0 Å². The quantitative estimate of drug-likeness (QED) is 0.526. The number of likely N-dealkylation sites (tertiary alicyclic amines) is 1. The minimum atomic E-state index is -0.120. The molecule has 1 aliphatic rings. The van der Waals surface area contributed by atoms with Gasteiger partial charge in [0.25, 0.3) is 5.91 Å². The number of hydrogen-bond acceptors (Lipinski definition) is 5. The largest absolute Gasteiger partial charge is 0.349 e. The number of aromatic nitrogens is 1. The highest BCUT2D eigenvalue weighted by atomic mass is 16.1. The number of nitrogen functional groups attached to an aromatic ring is 1. The van der Waals surface area contributed by atoms with Gasteiger partial charge in [-0.2, -0.15) is 0 Å². The number of hydrazine groups is 1. The minimum absolute atomic E-state index is 0.120. The number of carbonyl (C=O) groups excluding carboxylic acids is 1. The van der Waals surface area contributed by atoms with E-state index < -0.39 is 0 Å². The molecule has 1 saturated heterocycles. The highest BCUT2D eigenvalue weighted by molar-refractivity contribution is 5.99. The molecule has 2 heterocycles. The fraction of sp³-hybridized carbons (Fsp3) is 0.500. The molecule has 0 radical (unpaired) electrons. The summed E-state index contributed by atoms with van der Waals surface area (Å²) in [5, 5.41) is 3.03. The summed E-state index contributed by atoms with van der Waals surface area (Å²) >= 11 is 0. The molecule has 0 unspecified atom stereocenters. The average molecular weight is 249 g/mol. The van der Waals surface area contributed by atoms with Gasteiger partial charge in [0.15, 0.2) is 0 Å². The summed E-state index contributed by atoms with van der Waals surface area (Å²) in [5.74, 6) is 5.26. The van der Waals surface area contributed by atoms with Crippen LogP contribution in [0.4, 0.5) is 5.69 Å². The third kappa shape index (κ3) is 2.96. The van der Waals surface area contributed by atoms with Crippen LogP contribution in [-0.4, -0.2) is 42.0 Å². The number of carbonyl (C=O) groups is 1. The lowest BCUT2D eigenvalue weighted by atomic mass is 10.0. The molecule has 1 amide bonds. The molecule has 0 bridgehead atoms. The van der Waals surface area contributed by atoms with Crippen molar-refractivity contribution in [1.29, 1.82) is 0 Å². The van der Waals surface area contributed by atoms with Gasteiger partial charge in [-0.05, 0) is 39.0 Å². The summed E-state index contributed by atoms with van der Waals surface area (Å²) in [6, 6.07) is 1.92. The van der Waals surface area contributed by atoms with Gasteiger partial charge in [-0.1, -0.05) is 0 Å².